The number of nitrogens with one attached hydrogen (secondary N) is 1. The molecule has 6 heteroatoms. The van der Waals surface area contributed by atoms with Crippen molar-refractivity contribution in [2.24, 2.45) is 5.92 Å². The molecule has 0 radical (unpaired) electrons. The minimum absolute atomic E-state index is 0.0559. The zero-order chi connectivity index (χ0) is 15.4. The second-order valence-electron chi connectivity index (χ2n) is 6.17. The number of amides is 1. The number of methoxy groups -OCH3 is 1. The molecule has 0 aliphatic carbocycles. The van der Waals surface area contributed by atoms with Crippen LogP contribution in [0.25, 0.3) is 0 Å². The predicted molar refractivity (Wildman–Crippen MR) is 85.9 cm³/mol. The quantitative estimate of drug-likeness (QED) is 0.892. The molecule has 0 spiro atoms. The summed E-state index contributed by atoms with van der Waals surface area (Å²) >= 11 is 1.73. The van der Waals surface area contributed by atoms with Crippen LogP contribution in [-0.4, -0.2) is 56.4 Å². The van der Waals surface area contributed by atoms with E-state index in [-0.39, 0.29) is 24.7 Å². The number of carbonyl (C=O) groups is 1. The van der Waals surface area contributed by atoms with Crippen molar-refractivity contribution in [2.45, 2.75) is 31.5 Å². The van der Waals surface area contributed by atoms with Crippen molar-refractivity contribution < 1.29 is 14.3 Å². The van der Waals surface area contributed by atoms with Crippen molar-refractivity contribution >= 4 is 17.2 Å². The van der Waals surface area contributed by atoms with Crippen LogP contribution in [0.15, 0.2) is 16.8 Å². The maximum atomic E-state index is 11.9. The molecule has 1 N–H and O–H groups in total. The third-order valence-corrected chi connectivity index (χ3v) is 5.18. The van der Waals surface area contributed by atoms with Gasteiger partial charge in [-0.15, -0.1) is 0 Å². The summed E-state index contributed by atoms with van der Waals surface area (Å²) in [5.74, 6) is 0.451. The largest absolute Gasteiger partial charge is 0.376 e. The van der Waals surface area contributed by atoms with Gasteiger partial charge in [-0.3, -0.25) is 9.69 Å². The number of ether oxygens (including phenoxy) is 2. The van der Waals surface area contributed by atoms with Gasteiger partial charge in [0.15, 0.2) is 0 Å². The molecule has 2 saturated heterocycles. The van der Waals surface area contributed by atoms with Gasteiger partial charge in [-0.1, -0.05) is 0 Å². The van der Waals surface area contributed by atoms with Crippen LogP contribution in [0.2, 0.25) is 0 Å². The highest BCUT2D eigenvalue weighted by Gasteiger charge is 2.39. The van der Waals surface area contributed by atoms with Crippen molar-refractivity contribution in [3.8, 4) is 0 Å². The summed E-state index contributed by atoms with van der Waals surface area (Å²) in [6, 6.07) is 2.23. The Hall–Kier alpha value is -0.950. The van der Waals surface area contributed by atoms with Crippen molar-refractivity contribution in [2.75, 3.05) is 33.4 Å². The molecule has 122 valence electrons. The first kappa shape index (κ1) is 15.9. The number of hydrogen-bond donors (Lipinski definition) is 1. The lowest BCUT2D eigenvalue weighted by molar-refractivity contribution is -0.131. The Morgan fingerprint density at radius 1 is 1.55 bits per heavy atom. The normalized spacial score (nSPS) is 29.0. The Balaban J connectivity index is 1.66. The van der Waals surface area contributed by atoms with Gasteiger partial charge in [-0.2, -0.15) is 11.3 Å². The number of thiophene rings is 1. The second-order valence-corrected chi connectivity index (χ2v) is 6.95. The minimum atomic E-state index is -0.0576. The van der Waals surface area contributed by atoms with E-state index in [1.807, 2.05) is 0 Å². The van der Waals surface area contributed by atoms with Crippen LogP contribution < -0.4 is 5.32 Å². The number of carbonyl (C=O) groups excluding carboxylic acids is 1. The number of fused-ring (bicyclic) bond motifs is 1. The monoisotopic (exact) mass is 324 g/mol. The first-order valence-corrected chi connectivity index (χ1v) is 8.84. The summed E-state index contributed by atoms with van der Waals surface area (Å²) in [4.78, 5) is 14.3. The number of piperidine rings is 1. The van der Waals surface area contributed by atoms with Crippen molar-refractivity contribution in [3.05, 3.63) is 22.4 Å². The average molecular weight is 324 g/mol. The molecule has 1 aromatic heterocycles. The molecule has 22 heavy (non-hydrogen) atoms. The Morgan fingerprint density at radius 3 is 3.23 bits per heavy atom. The Kier molecular flexibility index (Phi) is 5.46. The first-order chi connectivity index (χ1) is 10.8. The van der Waals surface area contributed by atoms with E-state index in [0.717, 1.165) is 32.7 Å². The average Bonchev–Trinajstić information content (AvgIpc) is 3.00. The molecule has 3 rings (SSSR count). The summed E-state index contributed by atoms with van der Waals surface area (Å²) in [6.07, 6.45) is 2.45. The molecule has 5 nitrogen and oxygen atoms in total. The number of likely N-dealkylation sites (tertiary alicyclic amines) is 1. The summed E-state index contributed by atoms with van der Waals surface area (Å²) in [7, 11) is 1.54. The summed E-state index contributed by atoms with van der Waals surface area (Å²) in [5, 5.41) is 7.41. The Bertz CT molecular complexity index is 480. The van der Waals surface area contributed by atoms with Crippen LogP contribution in [0.5, 0.6) is 0 Å². The number of rotatable bonds is 5. The molecule has 3 atom stereocenters. The van der Waals surface area contributed by atoms with Gasteiger partial charge in [0.1, 0.15) is 6.61 Å². The van der Waals surface area contributed by atoms with Gasteiger partial charge in [0, 0.05) is 33.4 Å². The van der Waals surface area contributed by atoms with E-state index < -0.39 is 0 Å². The van der Waals surface area contributed by atoms with E-state index in [1.165, 1.54) is 12.0 Å². The Morgan fingerprint density at radius 2 is 2.45 bits per heavy atom. The molecule has 0 aromatic carbocycles. The molecular formula is C16H24N2O3S. The molecule has 2 aliphatic rings. The van der Waals surface area contributed by atoms with Crippen molar-refractivity contribution in [1.29, 1.82) is 0 Å². The predicted octanol–water partition coefficient (Wildman–Crippen LogP) is 1.49. The number of hydrogen-bond acceptors (Lipinski definition) is 5. The van der Waals surface area contributed by atoms with Gasteiger partial charge in [0.25, 0.3) is 0 Å². The third-order valence-electron chi connectivity index (χ3n) is 4.45. The fraction of sp³-hybridized carbons (Fsp3) is 0.688. The minimum Gasteiger partial charge on any atom is -0.376 e. The van der Waals surface area contributed by atoms with E-state index in [9.17, 15) is 4.79 Å². The third kappa shape index (κ3) is 3.87. The van der Waals surface area contributed by atoms with E-state index in [2.05, 4.69) is 27.0 Å². The highest BCUT2D eigenvalue weighted by Crippen LogP contribution is 2.29. The van der Waals surface area contributed by atoms with E-state index >= 15 is 0 Å². The summed E-state index contributed by atoms with van der Waals surface area (Å²) in [5.41, 5.74) is 1.35. The lowest BCUT2D eigenvalue weighted by atomic mass is 9.85. The molecule has 2 aliphatic heterocycles. The molecule has 1 aromatic rings. The topological polar surface area (TPSA) is 50.8 Å². The zero-order valence-corrected chi connectivity index (χ0v) is 13.8. The van der Waals surface area contributed by atoms with Gasteiger partial charge < -0.3 is 14.8 Å². The maximum Gasteiger partial charge on any atom is 0.246 e. The van der Waals surface area contributed by atoms with E-state index in [0.29, 0.717) is 5.92 Å². The molecule has 1 amide bonds. The Labute approximate surface area is 135 Å². The van der Waals surface area contributed by atoms with Crippen LogP contribution in [0.1, 0.15) is 18.4 Å². The molecule has 0 unspecified atom stereocenters. The first-order valence-electron chi connectivity index (χ1n) is 7.89. The lowest BCUT2D eigenvalue weighted by Crippen LogP contribution is -2.61. The molecular weight excluding hydrogens is 300 g/mol. The molecule has 0 saturated carbocycles. The van der Waals surface area contributed by atoms with Gasteiger partial charge in [-0.05, 0) is 41.1 Å². The standard InChI is InChI=1S/C16H24N2O3S/c1-20-10-15(19)17-14-9-18(7-12-4-6-22-11-12)8-13-3-2-5-21-16(13)14/h4,6,11,13-14,16H,2-3,5,7-10H2,1H3,(H,17,19)/t13-,14+,16-/m0/s1. The highest BCUT2D eigenvalue weighted by atomic mass is 32.1. The summed E-state index contributed by atoms with van der Waals surface area (Å²) < 4.78 is 10.9. The molecule has 2 fully saturated rings. The van der Waals surface area contributed by atoms with E-state index in [4.69, 9.17) is 9.47 Å². The van der Waals surface area contributed by atoms with Gasteiger partial charge in [-0.25, -0.2) is 0 Å². The van der Waals surface area contributed by atoms with Crippen LogP contribution in [-0.2, 0) is 20.8 Å². The van der Waals surface area contributed by atoms with Crippen molar-refractivity contribution in [1.82, 2.24) is 10.2 Å². The van der Waals surface area contributed by atoms with E-state index in [1.54, 1.807) is 18.4 Å². The molecule has 0 bridgehead atoms. The number of nitrogens with zero attached hydrogens (tertiary/aromatic N) is 1. The molecule has 3 heterocycles. The van der Waals surface area contributed by atoms with Crippen LogP contribution in [0, 0.1) is 5.92 Å². The SMILES string of the molecule is COCC(=O)N[C@@H]1CN(Cc2ccsc2)C[C@@H]2CCCO[C@@H]21. The van der Waals surface area contributed by atoms with Gasteiger partial charge in [0.05, 0.1) is 12.1 Å². The van der Waals surface area contributed by atoms with Crippen LogP contribution in [0.4, 0.5) is 0 Å². The maximum absolute atomic E-state index is 11.9. The van der Waals surface area contributed by atoms with Crippen LogP contribution >= 0.6 is 11.3 Å². The summed E-state index contributed by atoms with van der Waals surface area (Å²) in [6.45, 7) is 3.76. The zero-order valence-electron chi connectivity index (χ0n) is 13.0. The smallest absolute Gasteiger partial charge is 0.246 e. The van der Waals surface area contributed by atoms with Crippen LogP contribution in [0.3, 0.4) is 0 Å². The fourth-order valence-electron chi connectivity index (χ4n) is 3.57. The fourth-order valence-corrected chi connectivity index (χ4v) is 4.23. The highest BCUT2D eigenvalue weighted by molar-refractivity contribution is 7.07. The van der Waals surface area contributed by atoms with Gasteiger partial charge in [0.2, 0.25) is 5.91 Å². The second kappa shape index (κ2) is 7.55. The van der Waals surface area contributed by atoms with Crippen molar-refractivity contribution in [3.63, 3.8) is 0 Å². The van der Waals surface area contributed by atoms with Gasteiger partial charge >= 0.3 is 0 Å². The lowest BCUT2D eigenvalue weighted by Gasteiger charge is -2.46.